The minimum absolute atomic E-state index is 0.146. The number of alkyl halides is 3. The Bertz CT molecular complexity index is 672. The van der Waals surface area contributed by atoms with Gasteiger partial charge in [-0.25, -0.2) is 4.39 Å². The lowest BCUT2D eigenvalue weighted by atomic mass is 10.2. The van der Waals surface area contributed by atoms with Crippen LogP contribution in [0.3, 0.4) is 0 Å². The molecule has 7 heteroatoms. The van der Waals surface area contributed by atoms with E-state index in [0.29, 0.717) is 12.1 Å². The molecule has 0 saturated heterocycles. The fourth-order valence-electron chi connectivity index (χ4n) is 1.85. The number of halogens is 4. The maximum atomic E-state index is 13.1. The first-order chi connectivity index (χ1) is 10.9. The summed E-state index contributed by atoms with van der Waals surface area (Å²) in [4.78, 5) is 11.6. The summed E-state index contributed by atoms with van der Waals surface area (Å²) in [7, 11) is 0. The number of amides is 1. The first-order valence-corrected chi connectivity index (χ1v) is 6.64. The minimum atomic E-state index is -4.82. The van der Waals surface area contributed by atoms with Crippen molar-refractivity contribution in [1.29, 1.82) is 0 Å². The Balaban J connectivity index is 1.90. The van der Waals surface area contributed by atoms with Gasteiger partial charge in [0.2, 0.25) is 5.91 Å². The highest BCUT2D eigenvalue weighted by Gasteiger charge is 2.34. The number of nitrogens with one attached hydrogen (secondary N) is 1. The molecule has 2 rings (SSSR count). The van der Waals surface area contributed by atoms with Gasteiger partial charge in [0.15, 0.2) is 0 Å². The van der Waals surface area contributed by atoms with E-state index in [-0.39, 0.29) is 18.9 Å². The van der Waals surface area contributed by atoms with Crippen LogP contribution in [-0.2, 0) is 22.3 Å². The Kier molecular flexibility index (Phi) is 5.33. The topological polar surface area (TPSA) is 38.3 Å². The van der Waals surface area contributed by atoms with Crippen LogP contribution in [0.15, 0.2) is 48.5 Å². The SMILES string of the molecule is O=C(COCc1ccccc1)Nc1ccc(F)c(C(F)(F)F)c1. The van der Waals surface area contributed by atoms with Gasteiger partial charge in [0.05, 0.1) is 12.2 Å². The normalized spacial score (nSPS) is 11.3. The standard InChI is InChI=1S/C16H13F4NO2/c17-14-7-6-12(8-13(14)16(18,19)20)21-15(22)10-23-9-11-4-2-1-3-5-11/h1-8H,9-10H2,(H,21,22). The fraction of sp³-hybridized carbons (Fsp3) is 0.188. The zero-order valence-corrected chi connectivity index (χ0v) is 11.9. The van der Waals surface area contributed by atoms with Crippen LogP contribution in [-0.4, -0.2) is 12.5 Å². The molecule has 0 bridgehead atoms. The Morgan fingerprint density at radius 3 is 2.43 bits per heavy atom. The van der Waals surface area contributed by atoms with Gasteiger partial charge in [-0.1, -0.05) is 30.3 Å². The Morgan fingerprint density at radius 1 is 1.09 bits per heavy atom. The average Bonchev–Trinajstić information content (AvgIpc) is 2.49. The second kappa shape index (κ2) is 7.23. The molecule has 0 aliphatic heterocycles. The van der Waals surface area contributed by atoms with Crippen molar-refractivity contribution in [1.82, 2.24) is 0 Å². The second-order valence-corrected chi connectivity index (χ2v) is 4.72. The molecule has 1 N–H and O–H groups in total. The number of carbonyl (C=O) groups excluding carboxylic acids is 1. The molecule has 0 aliphatic carbocycles. The van der Waals surface area contributed by atoms with Crippen molar-refractivity contribution < 1.29 is 27.1 Å². The summed E-state index contributed by atoms with van der Waals surface area (Å²) in [6.07, 6.45) is -4.82. The summed E-state index contributed by atoms with van der Waals surface area (Å²) in [5.41, 5.74) is -0.714. The molecule has 0 aliphatic rings. The quantitative estimate of drug-likeness (QED) is 0.843. The highest BCUT2D eigenvalue weighted by atomic mass is 19.4. The lowest BCUT2D eigenvalue weighted by Gasteiger charge is -2.11. The van der Waals surface area contributed by atoms with E-state index in [9.17, 15) is 22.4 Å². The van der Waals surface area contributed by atoms with Crippen molar-refractivity contribution in [2.24, 2.45) is 0 Å². The monoisotopic (exact) mass is 327 g/mol. The highest BCUT2D eigenvalue weighted by Crippen LogP contribution is 2.32. The maximum Gasteiger partial charge on any atom is 0.419 e. The van der Waals surface area contributed by atoms with Crippen LogP contribution in [0.25, 0.3) is 0 Å². The summed E-state index contributed by atoms with van der Waals surface area (Å²) in [5.74, 6) is -2.02. The molecular formula is C16H13F4NO2. The molecule has 0 unspecified atom stereocenters. The number of benzene rings is 2. The molecule has 0 spiro atoms. The number of anilines is 1. The van der Waals surface area contributed by atoms with E-state index in [4.69, 9.17) is 4.74 Å². The summed E-state index contributed by atoms with van der Waals surface area (Å²) < 4.78 is 56.0. The van der Waals surface area contributed by atoms with Gasteiger partial charge in [-0.05, 0) is 23.8 Å². The van der Waals surface area contributed by atoms with Crippen LogP contribution in [0, 0.1) is 5.82 Å². The van der Waals surface area contributed by atoms with Crippen LogP contribution in [0.5, 0.6) is 0 Å². The van der Waals surface area contributed by atoms with Crippen molar-refractivity contribution in [2.75, 3.05) is 11.9 Å². The molecule has 0 aromatic heterocycles. The number of hydrogen-bond donors (Lipinski definition) is 1. The molecule has 1 amide bonds. The summed E-state index contributed by atoms with van der Waals surface area (Å²) >= 11 is 0. The summed E-state index contributed by atoms with van der Waals surface area (Å²) in [6, 6.07) is 11.4. The highest BCUT2D eigenvalue weighted by molar-refractivity contribution is 5.91. The molecule has 122 valence electrons. The largest absolute Gasteiger partial charge is 0.419 e. The van der Waals surface area contributed by atoms with Gasteiger partial charge in [0.1, 0.15) is 12.4 Å². The first kappa shape index (κ1) is 17.0. The van der Waals surface area contributed by atoms with Gasteiger partial charge in [0.25, 0.3) is 0 Å². The third kappa shape index (κ3) is 5.07. The van der Waals surface area contributed by atoms with Crippen molar-refractivity contribution in [3.05, 3.63) is 65.5 Å². The maximum absolute atomic E-state index is 13.1. The smallest absolute Gasteiger partial charge is 0.367 e. The third-order valence-electron chi connectivity index (χ3n) is 2.90. The van der Waals surface area contributed by atoms with E-state index >= 15 is 0 Å². The van der Waals surface area contributed by atoms with E-state index in [1.54, 1.807) is 0 Å². The van der Waals surface area contributed by atoms with Crippen molar-refractivity contribution in [2.45, 2.75) is 12.8 Å². The number of ether oxygens (including phenoxy) is 1. The molecule has 0 radical (unpaired) electrons. The average molecular weight is 327 g/mol. The molecule has 2 aromatic rings. The third-order valence-corrected chi connectivity index (χ3v) is 2.90. The Morgan fingerprint density at radius 2 is 1.78 bits per heavy atom. The van der Waals surface area contributed by atoms with E-state index in [1.165, 1.54) is 0 Å². The van der Waals surface area contributed by atoms with Crippen LogP contribution in [0.4, 0.5) is 23.2 Å². The van der Waals surface area contributed by atoms with E-state index in [0.717, 1.165) is 11.6 Å². The molecule has 0 heterocycles. The number of carbonyl (C=O) groups is 1. The van der Waals surface area contributed by atoms with Gasteiger partial charge in [-0.3, -0.25) is 4.79 Å². The predicted molar refractivity (Wildman–Crippen MR) is 76.1 cm³/mol. The zero-order chi connectivity index (χ0) is 16.9. The molecule has 0 atom stereocenters. The number of rotatable bonds is 5. The van der Waals surface area contributed by atoms with E-state index in [2.05, 4.69) is 5.32 Å². The zero-order valence-electron chi connectivity index (χ0n) is 11.9. The lowest BCUT2D eigenvalue weighted by molar-refractivity contribution is -0.140. The molecule has 3 nitrogen and oxygen atoms in total. The summed E-state index contributed by atoms with van der Waals surface area (Å²) in [5, 5.41) is 2.24. The van der Waals surface area contributed by atoms with Crippen molar-refractivity contribution >= 4 is 11.6 Å². The molecule has 0 fully saturated rings. The Labute approximate surface area is 129 Å². The molecule has 23 heavy (non-hydrogen) atoms. The van der Waals surface area contributed by atoms with Crippen LogP contribution >= 0.6 is 0 Å². The minimum Gasteiger partial charge on any atom is -0.367 e. The van der Waals surface area contributed by atoms with E-state index < -0.39 is 23.5 Å². The van der Waals surface area contributed by atoms with E-state index in [1.807, 2.05) is 30.3 Å². The fourth-order valence-corrected chi connectivity index (χ4v) is 1.85. The first-order valence-electron chi connectivity index (χ1n) is 6.64. The Hall–Kier alpha value is -2.41. The van der Waals surface area contributed by atoms with Gasteiger partial charge in [0, 0.05) is 5.69 Å². The second-order valence-electron chi connectivity index (χ2n) is 4.72. The summed E-state index contributed by atoms with van der Waals surface area (Å²) in [6.45, 7) is -0.126. The lowest BCUT2D eigenvalue weighted by Crippen LogP contribution is -2.19. The van der Waals surface area contributed by atoms with Crippen molar-refractivity contribution in [3.63, 3.8) is 0 Å². The molecule has 2 aromatic carbocycles. The molecule has 0 saturated carbocycles. The van der Waals surface area contributed by atoms with Gasteiger partial charge in [-0.15, -0.1) is 0 Å². The number of hydrogen-bond acceptors (Lipinski definition) is 2. The van der Waals surface area contributed by atoms with Gasteiger partial charge >= 0.3 is 6.18 Å². The van der Waals surface area contributed by atoms with Crippen LogP contribution < -0.4 is 5.32 Å². The predicted octanol–water partition coefficient (Wildman–Crippen LogP) is 4.00. The van der Waals surface area contributed by atoms with Gasteiger partial charge < -0.3 is 10.1 Å². The van der Waals surface area contributed by atoms with Crippen molar-refractivity contribution in [3.8, 4) is 0 Å². The van der Waals surface area contributed by atoms with Gasteiger partial charge in [-0.2, -0.15) is 13.2 Å². The van der Waals surface area contributed by atoms with Crippen LogP contribution in [0.2, 0.25) is 0 Å². The molecular weight excluding hydrogens is 314 g/mol. The van der Waals surface area contributed by atoms with Crippen LogP contribution in [0.1, 0.15) is 11.1 Å².